The van der Waals surface area contributed by atoms with Crippen molar-refractivity contribution in [1.29, 1.82) is 0 Å². The van der Waals surface area contributed by atoms with E-state index in [1.165, 1.54) is 36.0 Å². The first-order valence-electron chi connectivity index (χ1n) is 10.7. The summed E-state index contributed by atoms with van der Waals surface area (Å²) >= 11 is 0. The molecule has 2 heteroatoms. The third-order valence-electron chi connectivity index (χ3n) is 7.81. The highest BCUT2D eigenvalue weighted by Gasteiger charge is 2.63. The summed E-state index contributed by atoms with van der Waals surface area (Å²) in [5.74, 6) is 0.758. The van der Waals surface area contributed by atoms with E-state index in [-0.39, 0.29) is 11.1 Å². The van der Waals surface area contributed by atoms with Crippen molar-refractivity contribution in [3.8, 4) is 0 Å². The van der Waals surface area contributed by atoms with Gasteiger partial charge in [-0.2, -0.15) is 0 Å². The molecule has 2 aromatic rings. The number of ether oxygens (including phenoxy) is 1. The molecule has 1 aliphatic carbocycles. The summed E-state index contributed by atoms with van der Waals surface area (Å²) in [6.45, 7) is 8.49. The highest BCUT2D eigenvalue weighted by Crippen LogP contribution is 2.66. The van der Waals surface area contributed by atoms with Crippen molar-refractivity contribution in [2.75, 3.05) is 13.2 Å². The lowest BCUT2D eigenvalue weighted by Gasteiger charge is -2.40. The molecular weight excluding hydrogens is 330 g/mol. The number of fused-ring (bicyclic) bond motifs is 9. The molecule has 5 rings (SSSR count). The zero-order chi connectivity index (χ0) is 18.7. The number of benzene rings is 2. The molecule has 1 fully saturated rings. The van der Waals surface area contributed by atoms with Crippen LogP contribution in [-0.2, 0) is 21.2 Å². The van der Waals surface area contributed by atoms with Crippen LogP contribution in [0.25, 0.3) is 0 Å². The second-order valence-electron chi connectivity index (χ2n) is 8.99. The van der Waals surface area contributed by atoms with Crippen molar-refractivity contribution in [1.82, 2.24) is 5.32 Å². The molecule has 2 aliphatic heterocycles. The Morgan fingerprint density at radius 2 is 1.56 bits per heavy atom. The third kappa shape index (κ3) is 2.26. The van der Waals surface area contributed by atoms with Gasteiger partial charge in [-0.25, -0.2) is 0 Å². The van der Waals surface area contributed by atoms with Crippen LogP contribution in [0.1, 0.15) is 68.7 Å². The fourth-order valence-electron chi connectivity index (χ4n) is 6.39. The average Bonchev–Trinajstić information content (AvgIpc) is 3.33. The van der Waals surface area contributed by atoms with Crippen LogP contribution in [0.3, 0.4) is 0 Å². The number of rotatable bonds is 5. The van der Waals surface area contributed by atoms with Crippen LogP contribution in [0.5, 0.6) is 0 Å². The lowest BCUT2D eigenvalue weighted by molar-refractivity contribution is 0.105. The topological polar surface area (TPSA) is 21.3 Å². The molecule has 2 aromatic carbocycles. The molecule has 0 aromatic heterocycles. The van der Waals surface area contributed by atoms with Gasteiger partial charge in [0.1, 0.15) is 0 Å². The van der Waals surface area contributed by atoms with Gasteiger partial charge in [-0.15, -0.1) is 0 Å². The SMILES string of the molecule is CCOCC[C@@]12C[C@H]3C[C@@]3(CC)c3ccccc3[C@@](C)(N1)c1ccccc12. The minimum absolute atomic E-state index is 0.0234. The van der Waals surface area contributed by atoms with Crippen molar-refractivity contribution < 1.29 is 4.74 Å². The summed E-state index contributed by atoms with van der Waals surface area (Å²) in [5, 5.41) is 4.18. The van der Waals surface area contributed by atoms with E-state index in [2.05, 4.69) is 74.6 Å². The quantitative estimate of drug-likeness (QED) is 0.735. The van der Waals surface area contributed by atoms with Gasteiger partial charge in [0.2, 0.25) is 0 Å². The maximum Gasteiger partial charge on any atom is 0.0675 e. The molecule has 27 heavy (non-hydrogen) atoms. The average molecular weight is 362 g/mol. The molecule has 0 unspecified atom stereocenters. The summed E-state index contributed by atoms with van der Waals surface area (Å²) < 4.78 is 5.83. The Hall–Kier alpha value is -1.64. The molecule has 142 valence electrons. The minimum Gasteiger partial charge on any atom is -0.382 e. The lowest BCUT2D eigenvalue weighted by Crippen LogP contribution is -2.49. The van der Waals surface area contributed by atoms with Gasteiger partial charge in [0.05, 0.1) is 5.54 Å². The van der Waals surface area contributed by atoms with E-state index in [1.54, 1.807) is 5.56 Å². The van der Waals surface area contributed by atoms with Crippen LogP contribution in [-0.4, -0.2) is 13.2 Å². The lowest BCUT2D eigenvalue weighted by atomic mass is 9.76. The molecule has 2 nitrogen and oxygen atoms in total. The summed E-state index contributed by atoms with van der Waals surface area (Å²) in [6, 6.07) is 18.4. The Bertz CT molecular complexity index is 876. The van der Waals surface area contributed by atoms with E-state index in [0.717, 1.165) is 25.6 Å². The molecule has 3 aliphatic rings. The Balaban J connectivity index is 1.73. The predicted molar refractivity (Wildman–Crippen MR) is 110 cm³/mol. The summed E-state index contributed by atoms with van der Waals surface area (Å²) in [7, 11) is 0. The van der Waals surface area contributed by atoms with Gasteiger partial charge in [-0.05, 0) is 73.1 Å². The van der Waals surface area contributed by atoms with Crippen LogP contribution in [0.15, 0.2) is 48.5 Å². The molecule has 2 bridgehead atoms. The van der Waals surface area contributed by atoms with E-state index in [4.69, 9.17) is 4.74 Å². The first-order valence-corrected chi connectivity index (χ1v) is 10.7. The molecule has 0 radical (unpaired) electrons. The highest BCUT2D eigenvalue weighted by molar-refractivity contribution is 5.57. The molecular formula is C25H31NO. The first-order chi connectivity index (χ1) is 13.1. The molecule has 0 saturated heterocycles. The number of hydrogen-bond acceptors (Lipinski definition) is 2. The van der Waals surface area contributed by atoms with Crippen molar-refractivity contribution in [3.63, 3.8) is 0 Å². The van der Waals surface area contributed by atoms with Crippen molar-refractivity contribution in [2.45, 2.75) is 62.9 Å². The Kier molecular flexibility index (Phi) is 3.83. The van der Waals surface area contributed by atoms with Crippen molar-refractivity contribution >= 4 is 0 Å². The highest BCUT2D eigenvalue weighted by atomic mass is 16.5. The standard InChI is InChI=1S/C25H31NO/c1-4-24-16-18(24)17-25(14-15-27-5-2)22-13-9-7-11-20(22)23(3,26-25)19-10-6-8-12-21(19)24/h6-13,18,26H,4-5,14-17H2,1-3H3/t18-,23-,24-,25+/m1/s1. The molecule has 4 atom stereocenters. The molecule has 0 amide bonds. The van der Waals surface area contributed by atoms with E-state index in [9.17, 15) is 0 Å². The maximum absolute atomic E-state index is 5.83. The van der Waals surface area contributed by atoms with Crippen molar-refractivity contribution in [2.24, 2.45) is 5.92 Å². The molecule has 2 heterocycles. The van der Waals surface area contributed by atoms with Gasteiger partial charge >= 0.3 is 0 Å². The van der Waals surface area contributed by atoms with E-state index >= 15 is 0 Å². The third-order valence-corrected chi connectivity index (χ3v) is 7.81. The first kappa shape index (κ1) is 17.5. The Morgan fingerprint density at radius 1 is 0.926 bits per heavy atom. The van der Waals surface area contributed by atoms with Crippen LogP contribution < -0.4 is 5.32 Å². The predicted octanol–water partition coefficient (Wildman–Crippen LogP) is 5.25. The normalized spacial score (nSPS) is 35.6. The van der Waals surface area contributed by atoms with Crippen LogP contribution in [0.2, 0.25) is 0 Å². The van der Waals surface area contributed by atoms with E-state index < -0.39 is 0 Å². The zero-order valence-corrected chi connectivity index (χ0v) is 16.8. The molecule has 0 spiro atoms. The minimum atomic E-state index is -0.130. The zero-order valence-electron chi connectivity index (χ0n) is 16.8. The van der Waals surface area contributed by atoms with E-state index in [1.807, 2.05) is 0 Å². The van der Waals surface area contributed by atoms with Crippen LogP contribution >= 0.6 is 0 Å². The van der Waals surface area contributed by atoms with Gasteiger partial charge < -0.3 is 4.74 Å². The largest absolute Gasteiger partial charge is 0.382 e. The summed E-state index contributed by atoms with van der Waals surface area (Å²) in [6.07, 6.45) is 4.83. The Labute approximate surface area is 163 Å². The van der Waals surface area contributed by atoms with Gasteiger partial charge in [0.15, 0.2) is 0 Å². The van der Waals surface area contributed by atoms with Gasteiger partial charge in [-0.3, -0.25) is 5.32 Å². The van der Waals surface area contributed by atoms with Gasteiger partial charge in [0, 0.05) is 18.8 Å². The monoisotopic (exact) mass is 361 g/mol. The van der Waals surface area contributed by atoms with E-state index in [0.29, 0.717) is 5.41 Å². The van der Waals surface area contributed by atoms with Crippen molar-refractivity contribution in [3.05, 3.63) is 70.8 Å². The fourth-order valence-corrected chi connectivity index (χ4v) is 6.39. The smallest absolute Gasteiger partial charge is 0.0675 e. The van der Waals surface area contributed by atoms with Crippen LogP contribution in [0.4, 0.5) is 0 Å². The number of hydrogen-bond donors (Lipinski definition) is 1. The number of nitrogens with one attached hydrogen (secondary N) is 1. The van der Waals surface area contributed by atoms with Gasteiger partial charge in [0.25, 0.3) is 0 Å². The second-order valence-corrected chi connectivity index (χ2v) is 8.99. The summed E-state index contributed by atoms with van der Waals surface area (Å²) in [5.41, 5.74) is 6.30. The molecule has 1 N–H and O–H groups in total. The molecule has 1 saturated carbocycles. The Morgan fingerprint density at radius 3 is 2.22 bits per heavy atom. The van der Waals surface area contributed by atoms with Crippen LogP contribution in [0, 0.1) is 5.92 Å². The fraction of sp³-hybridized carbons (Fsp3) is 0.520. The maximum atomic E-state index is 5.83. The second kappa shape index (κ2) is 5.93. The summed E-state index contributed by atoms with van der Waals surface area (Å²) in [4.78, 5) is 0. The van der Waals surface area contributed by atoms with Gasteiger partial charge in [-0.1, -0.05) is 55.5 Å².